The van der Waals surface area contributed by atoms with Crippen molar-refractivity contribution >= 4 is 17.3 Å². The molecule has 17 heavy (non-hydrogen) atoms. The Labute approximate surface area is 98.4 Å². The van der Waals surface area contributed by atoms with Crippen LogP contribution in [0.3, 0.4) is 0 Å². The van der Waals surface area contributed by atoms with Gasteiger partial charge in [-0.1, -0.05) is 0 Å². The first-order valence-electron chi connectivity index (χ1n) is 5.01. The van der Waals surface area contributed by atoms with Gasteiger partial charge in [0.2, 0.25) is 0 Å². The van der Waals surface area contributed by atoms with Crippen molar-refractivity contribution in [3.63, 3.8) is 0 Å². The van der Waals surface area contributed by atoms with Gasteiger partial charge in [-0.2, -0.15) is 0 Å². The zero-order valence-electron chi connectivity index (χ0n) is 9.24. The number of pyridine rings is 2. The molecule has 0 radical (unpaired) electrons. The van der Waals surface area contributed by atoms with Gasteiger partial charge in [0.25, 0.3) is 0 Å². The number of carbonyl (C=O) groups is 1. The Morgan fingerprint density at radius 3 is 2.53 bits per heavy atom. The van der Waals surface area contributed by atoms with Crippen molar-refractivity contribution in [2.75, 3.05) is 11.9 Å². The zero-order chi connectivity index (χ0) is 12.3. The molecule has 0 aliphatic carbocycles. The number of aromatic nitrogens is 2. The number of anilines is 2. The SMILES string of the molecule is CN(c1cccnc1)c1ccc(C(=O)O)nc1. The number of carboxylic acid groups (broad SMARTS) is 1. The predicted molar refractivity (Wildman–Crippen MR) is 63.5 cm³/mol. The summed E-state index contributed by atoms with van der Waals surface area (Å²) < 4.78 is 0. The van der Waals surface area contributed by atoms with E-state index in [0.717, 1.165) is 11.4 Å². The summed E-state index contributed by atoms with van der Waals surface area (Å²) in [6.45, 7) is 0. The highest BCUT2D eigenvalue weighted by Gasteiger charge is 2.07. The second-order valence-corrected chi connectivity index (χ2v) is 3.48. The maximum absolute atomic E-state index is 10.7. The quantitative estimate of drug-likeness (QED) is 0.871. The van der Waals surface area contributed by atoms with E-state index in [4.69, 9.17) is 5.11 Å². The molecule has 0 bridgehead atoms. The van der Waals surface area contributed by atoms with E-state index in [9.17, 15) is 4.79 Å². The van der Waals surface area contributed by atoms with Crippen molar-refractivity contribution in [2.24, 2.45) is 0 Å². The van der Waals surface area contributed by atoms with Gasteiger partial charge in [-0.25, -0.2) is 9.78 Å². The minimum atomic E-state index is -1.03. The van der Waals surface area contributed by atoms with E-state index in [-0.39, 0.29) is 5.69 Å². The van der Waals surface area contributed by atoms with Crippen molar-refractivity contribution in [2.45, 2.75) is 0 Å². The van der Waals surface area contributed by atoms with Gasteiger partial charge in [-0.3, -0.25) is 4.98 Å². The van der Waals surface area contributed by atoms with Crippen molar-refractivity contribution in [1.29, 1.82) is 0 Å². The highest BCUT2D eigenvalue weighted by Crippen LogP contribution is 2.21. The Morgan fingerprint density at radius 1 is 1.24 bits per heavy atom. The van der Waals surface area contributed by atoms with Gasteiger partial charge in [-0.05, 0) is 24.3 Å². The summed E-state index contributed by atoms with van der Waals surface area (Å²) in [7, 11) is 1.87. The summed E-state index contributed by atoms with van der Waals surface area (Å²) >= 11 is 0. The van der Waals surface area contributed by atoms with Gasteiger partial charge in [0, 0.05) is 13.2 Å². The molecule has 0 saturated carbocycles. The second kappa shape index (κ2) is 4.61. The zero-order valence-corrected chi connectivity index (χ0v) is 9.24. The third-order valence-electron chi connectivity index (χ3n) is 2.39. The number of nitrogens with zero attached hydrogens (tertiary/aromatic N) is 3. The van der Waals surface area contributed by atoms with Gasteiger partial charge in [0.15, 0.2) is 0 Å². The monoisotopic (exact) mass is 229 g/mol. The highest BCUT2D eigenvalue weighted by atomic mass is 16.4. The first kappa shape index (κ1) is 11.1. The molecule has 5 heteroatoms. The van der Waals surface area contributed by atoms with Gasteiger partial charge < -0.3 is 10.0 Å². The molecule has 0 amide bonds. The van der Waals surface area contributed by atoms with E-state index in [1.165, 1.54) is 12.3 Å². The lowest BCUT2D eigenvalue weighted by Crippen LogP contribution is -2.10. The normalized spacial score (nSPS) is 9.94. The maximum Gasteiger partial charge on any atom is 0.354 e. The van der Waals surface area contributed by atoms with E-state index >= 15 is 0 Å². The molecule has 2 rings (SSSR count). The van der Waals surface area contributed by atoms with Crippen LogP contribution in [0.5, 0.6) is 0 Å². The molecule has 0 fully saturated rings. The molecule has 0 aliphatic rings. The Kier molecular flexibility index (Phi) is 3.00. The third-order valence-corrected chi connectivity index (χ3v) is 2.39. The molecular formula is C12H11N3O2. The summed E-state index contributed by atoms with van der Waals surface area (Å²) in [6.07, 6.45) is 4.95. The minimum absolute atomic E-state index is 0.0355. The molecule has 5 nitrogen and oxygen atoms in total. The van der Waals surface area contributed by atoms with Gasteiger partial charge in [0.1, 0.15) is 5.69 Å². The largest absolute Gasteiger partial charge is 0.477 e. The minimum Gasteiger partial charge on any atom is -0.477 e. The number of hydrogen-bond donors (Lipinski definition) is 1. The lowest BCUT2D eigenvalue weighted by Gasteiger charge is -2.18. The van der Waals surface area contributed by atoms with Gasteiger partial charge >= 0.3 is 5.97 Å². The second-order valence-electron chi connectivity index (χ2n) is 3.48. The fourth-order valence-electron chi connectivity index (χ4n) is 1.41. The number of aromatic carboxylic acids is 1. The van der Waals surface area contributed by atoms with Crippen LogP contribution in [0.15, 0.2) is 42.9 Å². The number of rotatable bonds is 3. The number of carboxylic acids is 1. The van der Waals surface area contributed by atoms with Gasteiger partial charge in [-0.15, -0.1) is 0 Å². The van der Waals surface area contributed by atoms with Crippen LogP contribution in [-0.4, -0.2) is 28.1 Å². The smallest absolute Gasteiger partial charge is 0.354 e. The summed E-state index contributed by atoms with van der Waals surface area (Å²) in [6, 6.07) is 6.94. The molecule has 2 aromatic heterocycles. The van der Waals surface area contributed by atoms with Crippen LogP contribution < -0.4 is 4.90 Å². The summed E-state index contributed by atoms with van der Waals surface area (Å²) in [5, 5.41) is 8.75. The molecule has 86 valence electrons. The lowest BCUT2D eigenvalue weighted by molar-refractivity contribution is 0.0690. The van der Waals surface area contributed by atoms with Crippen molar-refractivity contribution in [1.82, 2.24) is 9.97 Å². The fourth-order valence-corrected chi connectivity index (χ4v) is 1.41. The Bertz CT molecular complexity index is 511. The molecule has 0 aromatic carbocycles. The predicted octanol–water partition coefficient (Wildman–Crippen LogP) is 1.94. The van der Waals surface area contributed by atoms with Gasteiger partial charge in [0.05, 0.1) is 23.8 Å². The van der Waals surface area contributed by atoms with Crippen LogP contribution in [0.2, 0.25) is 0 Å². The molecule has 0 unspecified atom stereocenters. The molecule has 0 aliphatic heterocycles. The highest BCUT2D eigenvalue weighted by molar-refractivity contribution is 5.85. The summed E-state index contributed by atoms with van der Waals surface area (Å²) in [5.41, 5.74) is 1.76. The summed E-state index contributed by atoms with van der Waals surface area (Å²) in [4.78, 5) is 20.4. The van der Waals surface area contributed by atoms with Crippen LogP contribution in [0.4, 0.5) is 11.4 Å². The van der Waals surface area contributed by atoms with Crippen LogP contribution >= 0.6 is 0 Å². The molecule has 2 heterocycles. The van der Waals surface area contributed by atoms with Crippen LogP contribution in [0.1, 0.15) is 10.5 Å². The molecule has 0 spiro atoms. The van der Waals surface area contributed by atoms with Crippen molar-refractivity contribution in [3.05, 3.63) is 48.5 Å². The molecule has 0 saturated heterocycles. The van der Waals surface area contributed by atoms with Crippen LogP contribution in [0, 0.1) is 0 Å². The van der Waals surface area contributed by atoms with E-state index in [0.29, 0.717) is 0 Å². The Hall–Kier alpha value is -2.43. The molecule has 0 atom stereocenters. The van der Waals surface area contributed by atoms with E-state index < -0.39 is 5.97 Å². The van der Waals surface area contributed by atoms with E-state index in [1.807, 2.05) is 24.1 Å². The third kappa shape index (κ3) is 2.39. The topological polar surface area (TPSA) is 66.3 Å². The van der Waals surface area contributed by atoms with Crippen molar-refractivity contribution in [3.8, 4) is 0 Å². The van der Waals surface area contributed by atoms with Crippen LogP contribution in [0.25, 0.3) is 0 Å². The first-order valence-corrected chi connectivity index (χ1v) is 5.01. The van der Waals surface area contributed by atoms with Crippen molar-refractivity contribution < 1.29 is 9.90 Å². The average molecular weight is 229 g/mol. The number of hydrogen-bond acceptors (Lipinski definition) is 4. The summed E-state index contributed by atoms with van der Waals surface area (Å²) in [5.74, 6) is -1.03. The Morgan fingerprint density at radius 2 is 2.00 bits per heavy atom. The van der Waals surface area contributed by atoms with E-state index in [1.54, 1.807) is 18.5 Å². The average Bonchev–Trinajstić information content (AvgIpc) is 2.39. The standard InChI is InChI=1S/C12H11N3O2/c1-15(9-3-2-6-13-7-9)10-4-5-11(12(16)17)14-8-10/h2-8H,1H3,(H,16,17). The fraction of sp³-hybridized carbons (Fsp3) is 0.0833. The lowest BCUT2D eigenvalue weighted by atomic mass is 10.3. The molecular weight excluding hydrogens is 218 g/mol. The maximum atomic E-state index is 10.7. The Balaban J connectivity index is 2.26. The van der Waals surface area contributed by atoms with E-state index in [2.05, 4.69) is 9.97 Å². The van der Waals surface area contributed by atoms with Crippen LogP contribution in [-0.2, 0) is 0 Å². The molecule has 2 aromatic rings. The first-order chi connectivity index (χ1) is 8.18. The molecule has 1 N–H and O–H groups in total.